The van der Waals surface area contributed by atoms with Gasteiger partial charge in [0.05, 0.1) is 16.3 Å². The zero-order valence-electron chi connectivity index (χ0n) is 18.5. The van der Waals surface area contributed by atoms with E-state index >= 15 is 0 Å². The molecule has 2 aliphatic heterocycles. The van der Waals surface area contributed by atoms with Gasteiger partial charge in [-0.25, -0.2) is 8.42 Å². The number of hydrogen-bond donors (Lipinski definition) is 1. The largest absolute Gasteiger partial charge is 0.310 e. The molecule has 0 bridgehead atoms. The molecule has 1 aromatic heterocycles. The standard InChI is InChI=1S/C24H24N4O4S/c1-15-9-10-18(23-16(2)26-28-22(30)12-11-21(29)25-24(23)28)14-20(15)33(31,32)27-13-5-7-17-6-3-4-8-19(17)27/h3-4,6,8-10,14H,5,7,11-13H2,1-2H3,(H,25,29). The van der Waals surface area contributed by atoms with Gasteiger partial charge in [0.25, 0.3) is 10.0 Å². The van der Waals surface area contributed by atoms with Crippen LogP contribution >= 0.6 is 0 Å². The Labute approximate surface area is 192 Å². The van der Waals surface area contributed by atoms with E-state index in [1.807, 2.05) is 24.3 Å². The number of sulfonamides is 1. The first-order valence-electron chi connectivity index (χ1n) is 10.9. The van der Waals surface area contributed by atoms with Crippen molar-refractivity contribution in [2.45, 2.75) is 44.4 Å². The van der Waals surface area contributed by atoms with E-state index in [1.54, 1.807) is 32.0 Å². The van der Waals surface area contributed by atoms with E-state index in [0.29, 0.717) is 34.6 Å². The maximum atomic E-state index is 13.8. The van der Waals surface area contributed by atoms with Gasteiger partial charge in [0, 0.05) is 24.9 Å². The van der Waals surface area contributed by atoms with Crippen molar-refractivity contribution in [1.29, 1.82) is 0 Å². The zero-order chi connectivity index (χ0) is 23.3. The molecule has 9 heteroatoms. The number of carbonyl (C=O) groups excluding carboxylic acids is 2. The number of anilines is 2. The monoisotopic (exact) mass is 464 g/mol. The van der Waals surface area contributed by atoms with Crippen LogP contribution < -0.4 is 9.62 Å². The fraction of sp³-hybridized carbons (Fsp3) is 0.292. The van der Waals surface area contributed by atoms with Crippen molar-refractivity contribution in [3.05, 3.63) is 59.3 Å². The lowest BCUT2D eigenvalue weighted by Crippen LogP contribution is -2.35. The number of fused-ring (bicyclic) bond motifs is 2. The number of aromatic nitrogens is 2. The summed E-state index contributed by atoms with van der Waals surface area (Å²) in [5.74, 6) is -0.258. The summed E-state index contributed by atoms with van der Waals surface area (Å²) in [4.78, 5) is 24.8. The fourth-order valence-corrected chi connectivity index (χ4v) is 6.39. The molecule has 3 heterocycles. The summed E-state index contributed by atoms with van der Waals surface area (Å²) < 4.78 is 30.3. The van der Waals surface area contributed by atoms with Crippen molar-refractivity contribution in [2.24, 2.45) is 0 Å². The number of aryl methyl sites for hydroxylation is 3. The lowest BCUT2D eigenvalue weighted by atomic mass is 10.0. The smallest absolute Gasteiger partial charge is 0.264 e. The average molecular weight is 465 g/mol. The molecular formula is C24H24N4O4S. The maximum absolute atomic E-state index is 13.8. The van der Waals surface area contributed by atoms with Crippen LogP contribution in [-0.2, 0) is 21.2 Å². The molecular weight excluding hydrogens is 440 g/mol. The molecule has 2 aromatic carbocycles. The van der Waals surface area contributed by atoms with Crippen molar-refractivity contribution >= 4 is 33.3 Å². The third-order valence-corrected chi connectivity index (χ3v) is 8.19. The van der Waals surface area contributed by atoms with Crippen LogP contribution in [0.15, 0.2) is 47.4 Å². The Morgan fingerprint density at radius 1 is 1.00 bits per heavy atom. The minimum atomic E-state index is -3.83. The fourth-order valence-electron chi connectivity index (χ4n) is 4.59. The SMILES string of the molecule is Cc1ccc(-c2c(C)nn3c2NC(=O)CCC3=O)cc1S(=O)(=O)N1CCCc2ccccc21. The van der Waals surface area contributed by atoms with Crippen molar-refractivity contribution in [3.63, 3.8) is 0 Å². The van der Waals surface area contributed by atoms with Gasteiger partial charge in [0.1, 0.15) is 5.82 Å². The average Bonchev–Trinajstić information content (AvgIpc) is 3.05. The summed E-state index contributed by atoms with van der Waals surface area (Å²) in [6.45, 7) is 3.92. The van der Waals surface area contributed by atoms with Crippen LogP contribution in [0.1, 0.15) is 40.9 Å². The Bertz CT molecular complexity index is 1410. The molecule has 1 N–H and O–H groups in total. The number of nitrogens with one attached hydrogen (secondary N) is 1. The first-order valence-corrected chi connectivity index (χ1v) is 12.4. The summed E-state index contributed by atoms with van der Waals surface area (Å²) in [7, 11) is -3.83. The molecule has 0 unspecified atom stereocenters. The number of carbonyl (C=O) groups is 2. The molecule has 0 radical (unpaired) electrons. The molecule has 0 saturated carbocycles. The van der Waals surface area contributed by atoms with Gasteiger partial charge in [0.2, 0.25) is 11.8 Å². The van der Waals surface area contributed by atoms with Crippen LogP contribution in [0.2, 0.25) is 0 Å². The first-order chi connectivity index (χ1) is 15.8. The molecule has 0 saturated heterocycles. The Kier molecular flexibility index (Phi) is 5.08. The van der Waals surface area contributed by atoms with Gasteiger partial charge in [-0.15, -0.1) is 0 Å². The predicted octanol–water partition coefficient (Wildman–Crippen LogP) is 3.68. The lowest BCUT2D eigenvalue weighted by molar-refractivity contribution is -0.116. The molecule has 170 valence electrons. The Hall–Kier alpha value is -3.46. The van der Waals surface area contributed by atoms with Gasteiger partial charge in [-0.05, 0) is 55.5 Å². The van der Waals surface area contributed by atoms with Crippen LogP contribution in [0.4, 0.5) is 11.5 Å². The van der Waals surface area contributed by atoms with E-state index in [-0.39, 0.29) is 35.4 Å². The molecule has 0 fully saturated rings. The molecule has 1 amide bonds. The number of amides is 1. The molecule has 0 atom stereocenters. The second-order valence-electron chi connectivity index (χ2n) is 8.45. The maximum Gasteiger partial charge on any atom is 0.264 e. The Morgan fingerprint density at radius 3 is 2.61 bits per heavy atom. The summed E-state index contributed by atoms with van der Waals surface area (Å²) in [6.07, 6.45) is 1.75. The highest BCUT2D eigenvalue weighted by Crippen LogP contribution is 2.37. The highest BCUT2D eigenvalue weighted by molar-refractivity contribution is 7.92. The van der Waals surface area contributed by atoms with Crippen molar-refractivity contribution in [3.8, 4) is 11.1 Å². The minimum Gasteiger partial charge on any atom is -0.310 e. The normalized spacial score (nSPS) is 16.1. The third-order valence-electron chi connectivity index (χ3n) is 6.23. The summed E-state index contributed by atoms with van der Waals surface area (Å²) in [6, 6.07) is 12.7. The van der Waals surface area contributed by atoms with Gasteiger partial charge in [-0.1, -0.05) is 30.3 Å². The Balaban J connectivity index is 1.64. The van der Waals surface area contributed by atoms with Crippen molar-refractivity contribution in [2.75, 3.05) is 16.2 Å². The quantitative estimate of drug-likeness (QED) is 0.637. The van der Waals surface area contributed by atoms with Gasteiger partial charge in [-0.3, -0.25) is 13.9 Å². The van der Waals surface area contributed by atoms with Gasteiger partial charge >= 0.3 is 0 Å². The summed E-state index contributed by atoms with van der Waals surface area (Å²) >= 11 is 0. The molecule has 5 rings (SSSR count). The van der Waals surface area contributed by atoms with E-state index in [1.165, 1.54) is 8.99 Å². The molecule has 0 aliphatic carbocycles. The van der Waals surface area contributed by atoms with Crippen LogP contribution in [-0.4, -0.2) is 36.6 Å². The molecule has 3 aromatic rings. The van der Waals surface area contributed by atoms with Crippen molar-refractivity contribution in [1.82, 2.24) is 9.78 Å². The number of benzene rings is 2. The van der Waals surface area contributed by atoms with Gasteiger partial charge in [0.15, 0.2) is 0 Å². The number of para-hydroxylation sites is 1. The van der Waals surface area contributed by atoms with E-state index in [0.717, 1.165) is 18.4 Å². The van der Waals surface area contributed by atoms with Crippen LogP contribution in [0.3, 0.4) is 0 Å². The topological polar surface area (TPSA) is 101 Å². The zero-order valence-corrected chi connectivity index (χ0v) is 19.3. The third kappa shape index (κ3) is 3.52. The van der Waals surface area contributed by atoms with Crippen LogP contribution in [0.5, 0.6) is 0 Å². The van der Waals surface area contributed by atoms with Crippen LogP contribution in [0.25, 0.3) is 11.1 Å². The highest BCUT2D eigenvalue weighted by Gasteiger charge is 2.32. The molecule has 0 spiro atoms. The molecule has 2 aliphatic rings. The number of nitrogens with zero attached hydrogens (tertiary/aromatic N) is 3. The van der Waals surface area contributed by atoms with E-state index in [9.17, 15) is 18.0 Å². The van der Waals surface area contributed by atoms with E-state index in [2.05, 4.69) is 10.4 Å². The second kappa shape index (κ2) is 7.84. The van der Waals surface area contributed by atoms with E-state index in [4.69, 9.17) is 0 Å². The predicted molar refractivity (Wildman–Crippen MR) is 125 cm³/mol. The van der Waals surface area contributed by atoms with Crippen LogP contribution in [0, 0.1) is 13.8 Å². The lowest BCUT2D eigenvalue weighted by Gasteiger charge is -2.31. The Morgan fingerprint density at radius 2 is 1.79 bits per heavy atom. The van der Waals surface area contributed by atoms with Crippen molar-refractivity contribution < 1.29 is 18.0 Å². The first kappa shape index (κ1) is 21.4. The van der Waals surface area contributed by atoms with Gasteiger partial charge in [-0.2, -0.15) is 9.78 Å². The minimum absolute atomic E-state index is 0.0707. The highest BCUT2D eigenvalue weighted by atomic mass is 32.2. The summed E-state index contributed by atoms with van der Waals surface area (Å²) in [5.41, 5.74) is 4.02. The van der Waals surface area contributed by atoms with E-state index < -0.39 is 10.0 Å². The number of hydrogen-bond acceptors (Lipinski definition) is 5. The van der Waals surface area contributed by atoms with Gasteiger partial charge < -0.3 is 5.32 Å². The number of rotatable bonds is 3. The molecule has 8 nitrogen and oxygen atoms in total. The summed E-state index contributed by atoms with van der Waals surface area (Å²) in [5, 5.41) is 7.10. The second-order valence-corrected chi connectivity index (χ2v) is 10.3. The molecule has 33 heavy (non-hydrogen) atoms.